The summed E-state index contributed by atoms with van der Waals surface area (Å²) in [5, 5.41) is 2.52. The highest BCUT2D eigenvalue weighted by Crippen LogP contribution is 2.07. The second-order valence-electron chi connectivity index (χ2n) is 4.47. The molecule has 0 aromatic heterocycles. The zero-order chi connectivity index (χ0) is 12.8. The maximum Gasteiger partial charge on any atom is 0.407 e. The molecule has 0 radical (unpaired) electrons. The molecule has 6 heteroatoms. The molecule has 0 aromatic carbocycles. The minimum Gasteiger partial charge on any atom is -0.444 e. The van der Waals surface area contributed by atoms with Crippen LogP contribution in [-0.2, 0) is 9.47 Å². The van der Waals surface area contributed by atoms with E-state index in [0.717, 1.165) is 0 Å². The molecule has 4 nitrogen and oxygen atoms in total. The van der Waals surface area contributed by atoms with Crippen LogP contribution in [0.25, 0.3) is 0 Å². The molecule has 0 unspecified atom stereocenters. The van der Waals surface area contributed by atoms with Crippen molar-refractivity contribution in [3.05, 3.63) is 0 Å². The zero-order valence-electron chi connectivity index (χ0n) is 10.0. The number of alkyl halides is 2. The van der Waals surface area contributed by atoms with Crippen LogP contribution in [0, 0.1) is 0 Å². The third-order valence-corrected chi connectivity index (χ3v) is 1.56. The lowest BCUT2D eigenvalue weighted by molar-refractivity contribution is -0.130. The Morgan fingerprint density at radius 2 is 1.94 bits per heavy atom. The molecule has 0 aliphatic carbocycles. The van der Waals surface area contributed by atoms with E-state index < -0.39 is 18.3 Å². The van der Waals surface area contributed by atoms with Gasteiger partial charge in [-0.15, -0.1) is 0 Å². The largest absolute Gasteiger partial charge is 0.444 e. The molecule has 0 bridgehead atoms. The molecule has 1 amide bonds. The number of carbonyl (C=O) groups is 1. The second kappa shape index (κ2) is 6.62. The van der Waals surface area contributed by atoms with Crippen LogP contribution in [0.5, 0.6) is 0 Å². The van der Waals surface area contributed by atoms with Gasteiger partial charge in [0.25, 0.3) is 0 Å². The van der Waals surface area contributed by atoms with Crippen molar-refractivity contribution in [2.45, 2.75) is 52.4 Å². The van der Waals surface area contributed by atoms with Gasteiger partial charge in [0.05, 0.1) is 6.61 Å². The van der Waals surface area contributed by atoms with Crippen molar-refractivity contribution >= 4 is 6.09 Å². The highest BCUT2D eigenvalue weighted by molar-refractivity contribution is 5.67. The summed E-state index contributed by atoms with van der Waals surface area (Å²) >= 11 is 0. The third-order valence-electron chi connectivity index (χ3n) is 1.56. The fraction of sp³-hybridized carbons (Fsp3) is 0.900. The number of halogens is 2. The number of alkyl carbamates (subject to hydrolysis) is 1. The van der Waals surface area contributed by atoms with Gasteiger partial charge in [-0.05, 0) is 34.1 Å². The van der Waals surface area contributed by atoms with Gasteiger partial charge in [0.1, 0.15) is 5.60 Å². The average Bonchev–Trinajstić information content (AvgIpc) is 1.98. The van der Waals surface area contributed by atoms with E-state index in [1.807, 2.05) is 0 Å². The Morgan fingerprint density at radius 1 is 1.38 bits per heavy atom. The molecule has 1 N–H and O–H groups in total. The van der Waals surface area contributed by atoms with Gasteiger partial charge >= 0.3 is 12.7 Å². The maximum absolute atomic E-state index is 11.6. The van der Waals surface area contributed by atoms with E-state index in [2.05, 4.69) is 10.1 Å². The minimum absolute atomic E-state index is 0.103. The fourth-order valence-corrected chi connectivity index (χ4v) is 0.915. The van der Waals surface area contributed by atoms with Gasteiger partial charge in [0.2, 0.25) is 0 Å². The maximum atomic E-state index is 11.6. The Morgan fingerprint density at radius 3 is 2.38 bits per heavy atom. The summed E-state index contributed by atoms with van der Waals surface area (Å²) in [4.78, 5) is 11.2. The first-order chi connectivity index (χ1) is 7.20. The number of nitrogens with one attached hydrogen (secondary N) is 1. The van der Waals surface area contributed by atoms with Gasteiger partial charge in [0, 0.05) is 6.04 Å². The molecule has 0 heterocycles. The van der Waals surface area contributed by atoms with Crippen LogP contribution in [0.2, 0.25) is 0 Å². The van der Waals surface area contributed by atoms with Gasteiger partial charge in [-0.1, -0.05) is 0 Å². The van der Waals surface area contributed by atoms with Gasteiger partial charge in [-0.2, -0.15) is 8.78 Å². The van der Waals surface area contributed by atoms with E-state index in [-0.39, 0.29) is 12.6 Å². The van der Waals surface area contributed by atoms with Crippen molar-refractivity contribution in [2.24, 2.45) is 0 Å². The summed E-state index contributed by atoms with van der Waals surface area (Å²) in [5.41, 5.74) is -0.566. The van der Waals surface area contributed by atoms with E-state index in [9.17, 15) is 13.6 Å². The van der Waals surface area contributed by atoms with Crippen LogP contribution in [0.4, 0.5) is 13.6 Å². The molecule has 0 saturated heterocycles. The number of hydrogen-bond donors (Lipinski definition) is 1. The highest BCUT2D eigenvalue weighted by Gasteiger charge is 2.17. The average molecular weight is 239 g/mol. The molecule has 0 rings (SSSR count). The summed E-state index contributed by atoms with van der Waals surface area (Å²) in [6, 6.07) is -0.270. The van der Waals surface area contributed by atoms with Crippen LogP contribution in [0.3, 0.4) is 0 Å². The van der Waals surface area contributed by atoms with E-state index in [4.69, 9.17) is 4.74 Å². The second-order valence-corrected chi connectivity index (χ2v) is 4.47. The first-order valence-corrected chi connectivity index (χ1v) is 5.10. The molecule has 0 aromatic rings. The summed E-state index contributed by atoms with van der Waals surface area (Å²) < 4.78 is 32.3. The fourth-order valence-electron chi connectivity index (χ4n) is 0.915. The van der Waals surface area contributed by atoms with Crippen LogP contribution in [0.15, 0.2) is 0 Å². The lowest BCUT2D eigenvalue weighted by Gasteiger charge is -2.21. The Labute approximate surface area is 94.3 Å². The molecule has 0 fully saturated rings. The summed E-state index contributed by atoms with van der Waals surface area (Å²) in [6.45, 7) is 4.06. The Kier molecular flexibility index (Phi) is 6.25. The monoisotopic (exact) mass is 239 g/mol. The normalized spacial score (nSPS) is 13.7. The Bertz CT molecular complexity index is 217. The summed E-state index contributed by atoms with van der Waals surface area (Å²) in [5.74, 6) is 0. The highest BCUT2D eigenvalue weighted by atomic mass is 19.3. The first-order valence-electron chi connectivity index (χ1n) is 5.10. The molecule has 96 valence electrons. The Hall–Kier alpha value is -0.910. The summed E-state index contributed by atoms with van der Waals surface area (Å²) in [7, 11) is 0. The topological polar surface area (TPSA) is 47.6 Å². The number of rotatable bonds is 5. The van der Waals surface area contributed by atoms with E-state index in [1.165, 1.54) is 0 Å². The number of amides is 1. The van der Waals surface area contributed by atoms with Crippen molar-refractivity contribution in [1.29, 1.82) is 0 Å². The molecular weight excluding hydrogens is 220 g/mol. The molecule has 0 saturated carbocycles. The molecule has 0 aliphatic rings. The molecule has 0 aliphatic heterocycles. The van der Waals surface area contributed by atoms with E-state index in [1.54, 1.807) is 27.7 Å². The third kappa shape index (κ3) is 9.64. The minimum atomic E-state index is -2.77. The van der Waals surface area contributed by atoms with Crippen molar-refractivity contribution in [3.63, 3.8) is 0 Å². The lowest BCUT2D eigenvalue weighted by atomic mass is 10.2. The van der Waals surface area contributed by atoms with Gasteiger partial charge in [-0.25, -0.2) is 4.79 Å². The van der Waals surface area contributed by atoms with Crippen LogP contribution >= 0.6 is 0 Å². The standard InChI is InChI=1S/C10H19F2NO3/c1-7(5-6-15-8(11)12)13-9(14)16-10(2,3)4/h7-8H,5-6H2,1-4H3,(H,13,14)/t7-/m0/s1. The SMILES string of the molecule is C[C@@H](CCOC(F)F)NC(=O)OC(C)(C)C. The lowest BCUT2D eigenvalue weighted by Crippen LogP contribution is -2.38. The quantitative estimate of drug-likeness (QED) is 0.802. The van der Waals surface area contributed by atoms with Crippen LogP contribution in [0.1, 0.15) is 34.1 Å². The van der Waals surface area contributed by atoms with E-state index >= 15 is 0 Å². The van der Waals surface area contributed by atoms with E-state index in [0.29, 0.717) is 6.42 Å². The van der Waals surface area contributed by atoms with Gasteiger partial charge in [0.15, 0.2) is 0 Å². The predicted molar refractivity (Wildman–Crippen MR) is 55.4 cm³/mol. The molecule has 1 atom stereocenters. The van der Waals surface area contributed by atoms with Crippen LogP contribution in [-0.4, -0.2) is 31.0 Å². The van der Waals surface area contributed by atoms with Gasteiger partial charge in [-0.3, -0.25) is 0 Å². The van der Waals surface area contributed by atoms with Crippen molar-refractivity contribution in [3.8, 4) is 0 Å². The Balaban J connectivity index is 3.70. The predicted octanol–water partition coefficient (Wildman–Crippen LogP) is 2.53. The number of ether oxygens (including phenoxy) is 2. The number of hydrogen-bond acceptors (Lipinski definition) is 3. The van der Waals surface area contributed by atoms with Crippen LogP contribution < -0.4 is 5.32 Å². The molecular formula is C10H19F2NO3. The first kappa shape index (κ1) is 15.1. The van der Waals surface area contributed by atoms with Gasteiger partial charge < -0.3 is 14.8 Å². The van der Waals surface area contributed by atoms with Crippen molar-refractivity contribution in [2.75, 3.05) is 6.61 Å². The molecule has 0 spiro atoms. The van der Waals surface area contributed by atoms with Crippen molar-refractivity contribution < 1.29 is 23.0 Å². The smallest absolute Gasteiger partial charge is 0.407 e. The zero-order valence-corrected chi connectivity index (χ0v) is 10.0. The summed E-state index contributed by atoms with van der Waals surface area (Å²) in [6.07, 6.45) is -0.249. The molecule has 16 heavy (non-hydrogen) atoms. The number of carbonyl (C=O) groups excluding carboxylic acids is 1. The van der Waals surface area contributed by atoms with Crippen molar-refractivity contribution in [1.82, 2.24) is 5.32 Å².